The van der Waals surface area contributed by atoms with Gasteiger partial charge in [0.2, 0.25) is 12.1 Å². The second-order valence-electron chi connectivity index (χ2n) is 3.65. The van der Waals surface area contributed by atoms with Crippen molar-refractivity contribution in [1.29, 1.82) is 0 Å². The molecule has 0 amide bonds. The van der Waals surface area contributed by atoms with Gasteiger partial charge in [0.15, 0.2) is 6.10 Å². The third-order valence-corrected chi connectivity index (χ3v) is 2.00. The van der Waals surface area contributed by atoms with Gasteiger partial charge in [0.25, 0.3) is 0 Å². The van der Waals surface area contributed by atoms with Crippen molar-refractivity contribution in [2.45, 2.75) is 26.4 Å². The molecule has 0 bridgehead atoms. The molecule has 0 rings (SSSR count). The average Bonchev–Trinajstić information content (AvgIpc) is 2.37. The maximum atomic E-state index is 11.2. The fourth-order valence-corrected chi connectivity index (χ4v) is 1.18. The Morgan fingerprint density at radius 3 is 2.70 bits per heavy atom. The number of carbonyl (C=O) groups excluding carboxylic acids is 1. The topological polar surface area (TPSA) is 111 Å². The molecule has 0 aliphatic carbocycles. The first-order chi connectivity index (χ1) is 9.40. The minimum Gasteiger partial charge on any atom is -0.481 e. The van der Waals surface area contributed by atoms with E-state index in [9.17, 15) is 20.0 Å². The molecule has 0 spiro atoms. The molecule has 112 valence electrons. The van der Waals surface area contributed by atoms with Gasteiger partial charge in [-0.3, -0.25) is 10.1 Å². The first-order valence-electron chi connectivity index (χ1n) is 5.85. The van der Waals surface area contributed by atoms with E-state index >= 15 is 0 Å². The van der Waals surface area contributed by atoms with Crippen LogP contribution in [0.15, 0.2) is 29.2 Å². The Bertz CT molecular complexity index is 428. The zero-order valence-corrected chi connectivity index (χ0v) is 11.6. The molecule has 0 aromatic rings. The lowest BCUT2D eigenvalue weighted by atomic mass is 10.2. The molecular formula is C12H18N2O6. The van der Waals surface area contributed by atoms with Crippen LogP contribution in [0.4, 0.5) is 0 Å². The SMILES string of the molecule is CCOC(=O)C(O)C/C(C)=N/C(=C\C=C\[N+](=O)[O-])OC. The van der Waals surface area contributed by atoms with Crippen molar-refractivity contribution in [3.63, 3.8) is 0 Å². The Morgan fingerprint density at radius 1 is 1.55 bits per heavy atom. The molecule has 1 atom stereocenters. The van der Waals surface area contributed by atoms with Crippen LogP contribution >= 0.6 is 0 Å². The number of aliphatic imine (C=N–C) groups is 1. The molecule has 0 saturated carbocycles. The first kappa shape index (κ1) is 17.8. The van der Waals surface area contributed by atoms with E-state index in [1.807, 2.05) is 0 Å². The summed E-state index contributed by atoms with van der Waals surface area (Å²) in [5.74, 6) is -0.602. The number of nitro groups is 1. The number of rotatable bonds is 8. The molecule has 0 fully saturated rings. The highest BCUT2D eigenvalue weighted by Gasteiger charge is 2.17. The number of hydrogen-bond acceptors (Lipinski definition) is 7. The first-order valence-corrected chi connectivity index (χ1v) is 5.85. The van der Waals surface area contributed by atoms with Crippen LogP contribution in [0.1, 0.15) is 20.3 Å². The Labute approximate surface area is 116 Å². The average molecular weight is 286 g/mol. The third kappa shape index (κ3) is 7.98. The van der Waals surface area contributed by atoms with Crippen molar-refractivity contribution in [1.82, 2.24) is 0 Å². The molecule has 8 nitrogen and oxygen atoms in total. The number of hydrogen-bond donors (Lipinski definition) is 1. The third-order valence-electron chi connectivity index (χ3n) is 2.00. The zero-order chi connectivity index (χ0) is 15.5. The second-order valence-corrected chi connectivity index (χ2v) is 3.65. The van der Waals surface area contributed by atoms with Gasteiger partial charge in [-0.2, -0.15) is 0 Å². The van der Waals surface area contributed by atoms with Crippen molar-refractivity contribution < 1.29 is 24.3 Å². The van der Waals surface area contributed by atoms with Gasteiger partial charge in [-0.05, 0) is 13.8 Å². The van der Waals surface area contributed by atoms with Crippen LogP contribution in [0.2, 0.25) is 0 Å². The smallest absolute Gasteiger partial charge is 0.335 e. The Kier molecular flexibility index (Phi) is 8.60. The van der Waals surface area contributed by atoms with Crippen LogP contribution in [0.25, 0.3) is 0 Å². The molecule has 20 heavy (non-hydrogen) atoms. The summed E-state index contributed by atoms with van der Waals surface area (Å²) in [7, 11) is 1.35. The summed E-state index contributed by atoms with van der Waals surface area (Å²) in [6.45, 7) is 3.41. The van der Waals surface area contributed by atoms with E-state index in [-0.39, 0.29) is 18.9 Å². The Morgan fingerprint density at radius 2 is 2.20 bits per heavy atom. The van der Waals surface area contributed by atoms with Crippen molar-refractivity contribution in [3.05, 3.63) is 34.3 Å². The summed E-state index contributed by atoms with van der Waals surface area (Å²) in [5, 5.41) is 19.6. The van der Waals surface area contributed by atoms with E-state index < -0.39 is 17.0 Å². The van der Waals surface area contributed by atoms with Gasteiger partial charge in [-0.1, -0.05) is 0 Å². The molecular weight excluding hydrogens is 268 g/mol. The molecule has 1 N–H and O–H groups in total. The van der Waals surface area contributed by atoms with Crippen molar-refractivity contribution in [2.75, 3.05) is 13.7 Å². The molecule has 0 aliphatic rings. The molecule has 0 heterocycles. The summed E-state index contributed by atoms with van der Waals surface area (Å²) < 4.78 is 9.55. The van der Waals surface area contributed by atoms with Crippen molar-refractivity contribution >= 4 is 11.7 Å². The number of aliphatic hydroxyl groups excluding tert-OH is 1. The van der Waals surface area contributed by atoms with Crippen molar-refractivity contribution in [2.24, 2.45) is 4.99 Å². The number of nitrogens with zero attached hydrogens (tertiary/aromatic N) is 2. The maximum Gasteiger partial charge on any atom is 0.335 e. The van der Waals surface area contributed by atoms with Crippen molar-refractivity contribution in [3.8, 4) is 0 Å². The van der Waals surface area contributed by atoms with Gasteiger partial charge < -0.3 is 14.6 Å². The highest BCUT2D eigenvalue weighted by atomic mass is 16.6. The summed E-state index contributed by atoms with van der Waals surface area (Å²) >= 11 is 0. The minimum absolute atomic E-state index is 0.0154. The van der Waals surface area contributed by atoms with E-state index in [0.717, 1.165) is 12.3 Å². The van der Waals surface area contributed by atoms with Crippen LogP contribution in [-0.4, -0.2) is 41.5 Å². The van der Waals surface area contributed by atoms with Crippen LogP contribution in [-0.2, 0) is 14.3 Å². The van der Waals surface area contributed by atoms with E-state index in [2.05, 4.69) is 9.73 Å². The quantitative estimate of drug-likeness (QED) is 0.178. The Balaban J connectivity index is 4.67. The fraction of sp³-hybridized carbons (Fsp3) is 0.500. The highest BCUT2D eigenvalue weighted by Crippen LogP contribution is 2.04. The summed E-state index contributed by atoms with van der Waals surface area (Å²) in [4.78, 5) is 24.7. The molecule has 8 heteroatoms. The lowest BCUT2D eigenvalue weighted by Crippen LogP contribution is -2.25. The van der Waals surface area contributed by atoms with E-state index in [1.54, 1.807) is 13.8 Å². The summed E-state index contributed by atoms with van der Waals surface area (Å²) in [6.07, 6.45) is 1.88. The molecule has 0 saturated heterocycles. The number of aliphatic hydroxyl groups is 1. The highest BCUT2D eigenvalue weighted by molar-refractivity contribution is 5.88. The number of carbonyl (C=O) groups is 1. The van der Waals surface area contributed by atoms with Crippen LogP contribution in [0.5, 0.6) is 0 Å². The van der Waals surface area contributed by atoms with Crippen LogP contribution < -0.4 is 0 Å². The predicted molar refractivity (Wildman–Crippen MR) is 71.6 cm³/mol. The maximum absolute atomic E-state index is 11.2. The lowest BCUT2D eigenvalue weighted by molar-refractivity contribution is -0.402. The van der Waals surface area contributed by atoms with Gasteiger partial charge in [0.1, 0.15) is 0 Å². The normalized spacial score (nSPS) is 14.2. The molecule has 0 radical (unpaired) electrons. The molecule has 0 aromatic carbocycles. The number of esters is 1. The lowest BCUT2D eigenvalue weighted by Gasteiger charge is -2.09. The van der Waals surface area contributed by atoms with Gasteiger partial charge in [-0.15, -0.1) is 0 Å². The molecule has 0 aliphatic heterocycles. The molecule has 0 aromatic heterocycles. The zero-order valence-electron chi connectivity index (χ0n) is 11.6. The number of ether oxygens (including phenoxy) is 2. The van der Waals surface area contributed by atoms with Gasteiger partial charge in [-0.25, -0.2) is 9.79 Å². The largest absolute Gasteiger partial charge is 0.481 e. The monoisotopic (exact) mass is 286 g/mol. The minimum atomic E-state index is -1.30. The van der Waals surface area contributed by atoms with Crippen LogP contribution in [0, 0.1) is 10.1 Å². The number of methoxy groups -OCH3 is 1. The van der Waals surface area contributed by atoms with Crippen LogP contribution in [0.3, 0.4) is 0 Å². The number of allylic oxidation sites excluding steroid dienone is 2. The van der Waals surface area contributed by atoms with E-state index in [1.165, 1.54) is 13.2 Å². The standard InChI is InChI=1S/C12H18N2O6/c1-4-20-12(16)10(15)8-9(2)13-11(19-3)6-5-7-14(17)18/h5-7,10,15H,4,8H2,1-3H3/b7-5+,11-6+,13-9+. The van der Waals surface area contributed by atoms with E-state index in [4.69, 9.17) is 4.74 Å². The van der Waals surface area contributed by atoms with Gasteiger partial charge >= 0.3 is 5.97 Å². The Hall–Kier alpha value is -2.22. The molecule has 1 unspecified atom stereocenters. The van der Waals surface area contributed by atoms with Gasteiger partial charge in [0, 0.05) is 24.3 Å². The second kappa shape index (κ2) is 9.68. The summed E-state index contributed by atoms with van der Waals surface area (Å²) in [6, 6.07) is 0. The van der Waals surface area contributed by atoms with E-state index in [0.29, 0.717) is 5.71 Å². The summed E-state index contributed by atoms with van der Waals surface area (Å²) in [5.41, 5.74) is 0.424. The predicted octanol–water partition coefficient (Wildman–Crippen LogP) is 1.04. The fourth-order valence-electron chi connectivity index (χ4n) is 1.18. The van der Waals surface area contributed by atoms with Gasteiger partial charge in [0.05, 0.1) is 18.6 Å².